The summed E-state index contributed by atoms with van der Waals surface area (Å²) in [5, 5.41) is 9.00. The molecule has 0 saturated carbocycles. The van der Waals surface area contributed by atoms with Gasteiger partial charge in [-0.15, -0.1) is 0 Å². The number of aliphatic hydroxyl groups is 1. The van der Waals surface area contributed by atoms with Gasteiger partial charge >= 0.3 is 0 Å². The van der Waals surface area contributed by atoms with Crippen LogP contribution in [0.15, 0.2) is 18.2 Å². The molecule has 0 amide bonds. The molecule has 20 heavy (non-hydrogen) atoms. The van der Waals surface area contributed by atoms with E-state index in [0.717, 1.165) is 44.0 Å². The van der Waals surface area contributed by atoms with Crippen molar-refractivity contribution in [2.75, 3.05) is 51.3 Å². The third-order valence-electron chi connectivity index (χ3n) is 3.85. The topological polar surface area (TPSA) is 62.0 Å². The van der Waals surface area contributed by atoms with Crippen LogP contribution in [0.4, 0.5) is 5.69 Å². The van der Waals surface area contributed by atoms with Gasteiger partial charge in [-0.25, -0.2) is 0 Å². The van der Waals surface area contributed by atoms with E-state index in [4.69, 9.17) is 15.6 Å². The van der Waals surface area contributed by atoms with Crippen molar-refractivity contribution in [2.24, 2.45) is 5.73 Å². The molecular weight excluding hydrogens is 254 g/mol. The van der Waals surface area contributed by atoms with Crippen molar-refractivity contribution in [2.45, 2.75) is 13.0 Å². The lowest BCUT2D eigenvalue weighted by Gasteiger charge is -2.37. The average Bonchev–Trinajstić information content (AvgIpc) is 2.47. The zero-order valence-electron chi connectivity index (χ0n) is 12.4. The minimum absolute atomic E-state index is 0.0587. The fourth-order valence-corrected chi connectivity index (χ4v) is 2.80. The molecule has 0 radical (unpaired) electrons. The molecule has 0 spiro atoms. The quantitative estimate of drug-likeness (QED) is 0.836. The zero-order valence-corrected chi connectivity index (χ0v) is 12.4. The molecule has 1 saturated heterocycles. The van der Waals surface area contributed by atoms with Crippen LogP contribution >= 0.6 is 0 Å². The second kappa shape index (κ2) is 6.92. The predicted molar refractivity (Wildman–Crippen MR) is 81.3 cm³/mol. The maximum absolute atomic E-state index is 9.00. The molecule has 1 aromatic rings. The third kappa shape index (κ3) is 3.23. The van der Waals surface area contributed by atoms with Gasteiger partial charge in [-0.05, 0) is 19.1 Å². The molecule has 112 valence electrons. The third-order valence-corrected chi connectivity index (χ3v) is 3.85. The number of methoxy groups -OCH3 is 1. The van der Waals surface area contributed by atoms with Crippen LogP contribution in [0.1, 0.15) is 18.5 Å². The lowest BCUT2D eigenvalue weighted by molar-refractivity contribution is 0.188. The van der Waals surface area contributed by atoms with Crippen molar-refractivity contribution in [1.29, 1.82) is 0 Å². The second-order valence-electron chi connectivity index (χ2n) is 5.23. The number of hydrogen-bond donors (Lipinski definition) is 2. The molecular formula is C15H25N3O2. The van der Waals surface area contributed by atoms with Crippen LogP contribution in [0.5, 0.6) is 5.75 Å². The van der Waals surface area contributed by atoms with Crippen LogP contribution in [0.25, 0.3) is 0 Å². The molecule has 0 aromatic heterocycles. The number of rotatable bonds is 5. The van der Waals surface area contributed by atoms with Crippen LogP contribution in [0.3, 0.4) is 0 Å². The molecule has 1 aromatic carbocycles. The minimum Gasteiger partial charge on any atom is -0.496 e. The molecule has 0 aliphatic carbocycles. The molecule has 5 nitrogen and oxygen atoms in total. The minimum atomic E-state index is -0.0587. The number of nitrogens with zero attached hydrogens (tertiary/aromatic N) is 2. The largest absolute Gasteiger partial charge is 0.496 e. The number of hydrogen-bond acceptors (Lipinski definition) is 5. The van der Waals surface area contributed by atoms with E-state index in [0.29, 0.717) is 0 Å². The summed E-state index contributed by atoms with van der Waals surface area (Å²) in [6, 6.07) is 6.03. The molecule has 1 heterocycles. The summed E-state index contributed by atoms with van der Waals surface area (Å²) in [6.45, 7) is 6.81. The fraction of sp³-hybridized carbons (Fsp3) is 0.600. The van der Waals surface area contributed by atoms with Gasteiger partial charge in [0.15, 0.2) is 0 Å². The molecule has 0 unspecified atom stereocenters. The molecule has 3 N–H and O–H groups in total. The standard InChI is InChI=1S/C15H25N3O2/c1-12(16)15-13(4-3-5-14(15)20-2)18-8-6-17(7-9-18)10-11-19/h3-5,12,19H,6-11,16H2,1-2H3/t12-/m1/s1. The van der Waals surface area contributed by atoms with E-state index in [2.05, 4.69) is 15.9 Å². The summed E-state index contributed by atoms with van der Waals surface area (Å²) in [5.41, 5.74) is 8.37. The van der Waals surface area contributed by atoms with Gasteiger partial charge < -0.3 is 20.5 Å². The van der Waals surface area contributed by atoms with Crippen molar-refractivity contribution < 1.29 is 9.84 Å². The molecule has 1 fully saturated rings. The maximum Gasteiger partial charge on any atom is 0.125 e. The van der Waals surface area contributed by atoms with Gasteiger partial charge in [-0.3, -0.25) is 4.90 Å². The Bertz CT molecular complexity index is 429. The van der Waals surface area contributed by atoms with Gasteiger partial charge in [-0.1, -0.05) is 6.07 Å². The Balaban J connectivity index is 2.17. The number of anilines is 1. The monoisotopic (exact) mass is 279 g/mol. The first-order chi connectivity index (χ1) is 9.67. The van der Waals surface area contributed by atoms with Gasteiger partial charge in [0.25, 0.3) is 0 Å². The van der Waals surface area contributed by atoms with Crippen LogP contribution in [0.2, 0.25) is 0 Å². The normalized spacial score (nSPS) is 18.1. The number of nitrogens with two attached hydrogens (primary N) is 1. The van der Waals surface area contributed by atoms with Crippen LogP contribution in [-0.2, 0) is 0 Å². The summed E-state index contributed by atoms with van der Waals surface area (Å²) in [5.74, 6) is 0.857. The Morgan fingerprint density at radius 2 is 2.00 bits per heavy atom. The SMILES string of the molecule is COc1cccc(N2CCN(CCO)CC2)c1[C@@H](C)N. The van der Waals surface area contributed by atoms with Gasteiger partial charge in [0.2, 0.25) is 0 Å². The van der Waals surface area contributed by atoms with Crippen LogP contribution < -0.4 is 15.4 Å². The van der Waals surface area contributed by atoms with Crippen molar-refractivity contribution in [1.82, 2.24) is 4.90 Å². The molecule has 2 rings (SSSR count). The van der Waals surface area contributed by atoms with Crippen molar-refractivity contribution >= 4 is 5.69 Å². The summed E-state index contributed by atoms with van der Waals surface area (Å²) >= 11 is 0. The second-order valence-corrected chi connectivity index (χ2v) is 5.23. The van der Waals surface area contributed by atoms with Crippen molar-refractivity contribution in [3.8, 4) is 5.75 Å². The number of β-amino-alcohol motifs (C(OH)–C–C–N with tert-alkyl or cyclic N) is 1. The fourth-order valence-electron chi connectivity index (χ4n) is 2.80. The number of piperazine rings is 1. The first kappa shape index (κ1) is 15.1. The van der Waals surface area contributed by atoms with Crippen molar-refractivity contribution in [3.63, 3.8) is 0 Å². The summed E-state index contributed by atoms with van der Waals surface area (Å²) in [7, 11) is 1.68. The highest BCUT2D eigenvalue weighted by molar-refractivity contribution is 5.61. The first-order valence-electron chi connectivity index (χ1n) is 7.18. The highest BCUT2D eigenvalue weighted by Crippen LogP contribution is 2.34. The van der Waals surface area contributed by atoms with Gasteiger partial charge in [-0.2, -0.15) is 0 Å². The van der Waals surface area contributed by atoms with Gasteiger partial charge in [0, 0.05) is 50.0 Å². The van der Waals surface area contributed by atoms with E-state index in [1.54, 1.807) is 7.11 Å². The van der Waals surface area contributed by atoms with Crippen molar-refractivity contribution in [3.05, 3.63) is 23.8 Å². The number of benzene rings is 1. The smallest absolute Gasteiger partial charge is 0.125 e. The summed E-state index contributed by atoms with van der Waals surface area (Å²) < 4.78 is 5.45. The maximum atomic E-state index is 9.00. The lowest BCUT2D eigenvalue weighted by atomic mass is 10.0. The molecule has 5 heteroatoms. The van der Waals surface area contributed by atoms with Gasteiger partial charge in [0.1, 0.15) is 5.75 Å². The Labute approximate surface area is 120 Å². The zero-order chi connectivity index (χ0) is 14.5. The Kier molecular flexibility index (Phi) is 5.23. The predicted octanol–water partition coefficient (Wildman–Crippen LogP) is 0.829. The molecule has 0 bridgehead atoms. The highest BCUT2D eigenvalue weighted by atomic mass is 16.5. The lowest BCUT2D eigenvalue weighted by Crippen LogP contribution is -2.47. The highest BCUT2D eigenvalue weighted by Gasteiger charge is 2.21. The van der Waals surface area contributed by atoms with E-state index < -0.39 is 0 Å². The summed E-state index contributed by atoms with van der Waals surface area (Å²) in [4.78, 5) is 4.64. The molecule has 1 atom stereocenters. The van der Waals surface area contributed by atoms with E-state index in [1.165, 1.54) is 5.69 Å². The van der Waals surface area contributed by atoms with Gasteiger partial charge in [0.05, 0.1) is 13.7 Å². The van der Waals surface area contributed by atoms with E-state index in [-0.39, 0.29) is 12.6 Å². The number of aliphatic hydroxyl groups excluding tert-OH is 1. The molecule has 1 aliphatic rings. The molecule has 1 aliphatic heterocycles. The Hall–Kier alpha value is -1.30. The first-order valence-corrected chi connectivity index (χ1v) is 7.18. The Morgan fingerprint density at radius 3 is 2.55 bits per heavy atom. The Morgan fingerprint density at radius 1 is 1.30 bits per heavy atom. The van der Waals surface area contributed by atoms with Crippen LogP contribution in [0, 0.1) is 0 Å². The van der Waals surface area contributed by atoms with Crippen LogP contribution in [-0.4, -0.2) is 56.4 Å². The number of ether oxygens (including phenoxy) is 1. The summed E-state index contributed by atoms with van der Waals surface area (Å²) in [6.07, 6.45) is 0. The average molecular weight is 279 g/mol. The van der Waals surface area contributed by atoms with E-state index >= 15 is 0 Å². The van der Waals surface area contributed by atoms with E-state index in [9.17, 15) is 0 Å². The van der Waals surface area contributed by atoms with E-state index in [1.807, 2.05) is 19.1 Å².